The molecule has 1 radical (unpaired) electrons. The molecule has 0 aromatic rings. The maximum Gasteiger partial charge on any atom is 0.466 e. The second-order valence-electron chi connectivity index (χ2n) is 0.513. The van der Waals surface area contributed by atoms with Crippen LogP contribution in [-0.4, -0.2) is 82.6 Å². The normalized spacial score (nSPS) is 4.54. The number of rotatable bonds is 0. The average molecular weight is 247 g/mol. The van der Waals surface area contributed by atoms with Crippen LogP contribution in [0.25, 0.3) is 0 Å². The van der Waals surface area contributed by atoms with Crippen molar-refractivity contribution in [1.29, 1.82) is 0 Å². The predicted octanol–water partition coefficient (Wildman–Crippen LogP) is -7.08. The van der Waals surface area contributed by atoms with E-state index in [0.29, 0.717) is 0 Å². The van der Waals surface area contributed by atoms with Gasteiger partial charge in [0.1, 0.15) is 0 Å². The van der Waals surface area contributed by atoms with Gasteiger partial charge in [-0.25, -0.2) is 4.57 Å². The average Bonchev–Trinajstić information content (AvgIpc) is 0.722. The van der Waals surface area contributed by atoms with Crippen LogP contribution in [-0.2, 0) is 4.57 Å². The smallest absolute Gasteiger partial charge is 0.412 e. The molecule has 0 atom stereocenters. The Balaban J connectivity index is -0.00000000286. The molecule has 13 heavy (non-hydrogen) atoms. The van der Waals surface area contributed by atoms with Crippen molar-refractivity contribution in [3.05, 3.63) is 0 Å². The van der Waals surface area contributed by atoms with Gasteiger partial charge in [-0.05, 0) is 0 Å². The predicted molar refractivity (Wildman–Crippen MR) is 45.3 cm³/mol. The Morgan fingerprint density at radius 1 is 0.615 bits per heavy atom. The van der Waals surface area contributed by atoms with Crippen LogP contribution < -0.4 is 0 Å². The summed E-state index contributed by atoms with van der Waals surface area (Å²) in [5.41, 5.74) is 0. The summed E-state index contributed by atoms with van der Waals surface area (Å²) in [5.74, 6) is 0. The minimum atomic E-state index is -4.64. The summed E-state index contributed by atoms with van der Waals surface area (Å²) in [5, 5.41) is 0. The third kappa shape index (κ3) is 2180. The molecule has 17 N–H and O–H groups in total. The maximum atomic E-state index is 8.88. The van der Waals surface area contributed by atoms with E-state index in [2.05, 4.69) is 0 Å². The SMILES string of the molecule is O.O.O.O.O.O.O.O=P(O)(O)O.[Na]. The molecular weight excluding hydrogens is 230 g/mol. The molecule has 0 fully saturated rings. The molecule has 0 aliphatic carbocycles. The van der Waals surface area contributed by atoms with Crippen LogP contribution >= 0.6 is 7.82 Å². The first kappa shape index (κ1) is 97.6. The fraction of sp³-hybridized carbons (Fsp3) is 0. The second kappa shape index (κ2) is 38.5. The molecule has 0 amide bonds. The van der Waals surface area contributed by atoms with Gasteiger partial charge in [-0.15, -0.1) is 0 Å². The molecular formula is H17NaO11P. The molecule has 0 aliphatic rings. The molecule has 0 unspecified atom stereocenters. The van der Waals surface area contributed by atoms with Crippen molar-refractivity contribution in [2.75, 3.05) is 0 Å². The molecule has 0 aromatic heterocycles. The third-order valence-corrected chi connectivity index (χ3v) is 0. The Morgan fingerprint density at radius 2 is 0.615 bits per heavy atom. The summed E-state index contributed by atoms with van der Waals surface area (Å²) in [6.45, 7) is 0. The van der Waals surface area contributed by atoms with Gasteiger partial charge < -0.3 is 53.0 Å². The molecule has 0 rings (SSSR count). The summed E-state index contributed by atoms with van der Waals surface area (Å²) >= 11 is 0. The van der Waals surface area contributed by atoms with Crippen molar-refractivity contribution in [2.24, 2.45) is 0 Å². The second-order valence-corrected chi connectivity index (χ2v) is 1.54. The molecule has 0 bridgehead atoms. The maximum absolute atomic E-state index is 8.88. The molecule has 11 nitrogen and oxygen atoms in total. The fourth-order valence-electron chi connectivity index (χ4n) is 0. The van der Waals surface area contributed by atoms with Gasteiger partial charge in [-0.2, -0.15) is 0 Å². The number of phosphoric acid groups is 1. The Morgan fingerprint density at radius 3 is 0.615 bits per heavy atom. The molecule has 13 heteroatoms. The van der Waals surface area contributed by atoms with E-state index >= 15 is 0 Å². The summed E-state index contributed by atoms with van der Waals surface area (Å²) in [6, 6.07) is 0. The molecule has 0 saturated heterocycles. The van der Waals surface area contributed by atoms with Gasteiger partial charge in [0.25, 0.3) is 0 Å². The number of hydrogen-bond acceptors (Lipinski definition) is 1. The zero-order valence-corrected chi connectivity index (χ0v) is 9.59. The van der Waals surface area contributed by atoms with Gasteiger partial charge in [-0.3, -0.25) is 0 Å². The summed E-state index contributed by atoms with van der Waals surface area (Å²) in [7, 11) is -4.64. The first-order valence-electron chi connectivity index (χ1n) is 0.783. The van der Waals surface area contributed by atoms with Crippen molar-refractivity contribution >= 4 is 37.4 Å². The Hall–Kier alpha value is 0.830. The van der Waals surface area contributed by atoms with E-state index in [4.69, 9.17) is 19.2 Å². The van der Waals surface area contributed by atoms with E-state index in [1.54, 1.807) is 0 Å². The zero-order chi connectivity index (χ0) is 4.50. The fourth-order valence-corrected chi connectivity index (χ4v) is 0. The van der Waals surface area contributed by atoms with Gasteiger partial charge in [0, 0.05) is 29.6 Å². The third-order valence-electron chi connectivity index (χ3n) is 0. The van der Waals surface area contributed by atoms with Crippen LogP contribution in [0, 0.1) is 0 Å². The van der Waals surface area contributed by atoms with Gasteiger partial charge in [-0.1, -0.05) is 0 Å². The molecule has 0 aromatic carbocycles. The molecule has 0 aliphatic heterocycles. The summed E-state index contributed by atoms with van der Waals surface area (Å²) in [6.07, 6.45) is 0. The van der Waals surface area contributed by atoms with E-state index in [0.717, 1.165) is 0 Å². The van der Waals surface area contributed by atoms with E-state index in [9.17, 15) is 0 Å². The Kier molecular flexibility index (Phi) is 289. The zero-order valence-electron chi connectivity index (χ0n) is 6.70. The van der Waals surface area contributed by atoms with Gasteiger partial charge in [0.2, 0.25) is 0 Å². The van der Waals surface area contributed by atoms with Crippen molar-refractivity contribution < 1.29 is 57.6 Å². The van der Waals surface area contributed by atoms with E-state index in [1.807, 2.05) is 0 Å². The van der Waals surface area contributed by atoms with E-state index in [1.165, 1.54) is 0 Å². The molecule has 0 heterocycles. The van der Waals surface area contributed by atoms with Gasteiger partial charge >= 0.3 is 7.82 Å². The van der Waals surface area contributed by atoms with Crippen LogP contribution in [0.15, 0.2) is 0 Å². The van der Waals surface area contributed by atoms with Crippen LogP contribution in [0.3, 0.4) is 0 Å². The first-order chi connectivity index (χ1) is 2.00. The van der Waals surface area contributed by atoms with Crippen molar-refractivity contribution in [3.63, 3.8) is 0 Å². The van der Waals surface area contributed by atoms with Crippen LogP contribution in [0.1, 0.15) is 0 Å². The minimum Gasteiger partial charge on any atom is -0.412 e. The van der Waals surface area contributed by atoms with Crippen LogP contribution in [0.4, 0.5) is 0 Å². The monoisotopic (exact) mass is 247 g/mol. The van der Waals surface area contributed by atoms with Crippen LogP contribution in [0.5, 0.6) is 0 Å². The van der Waals surface area contributed by atoms with E-state index in [-0.39, 0.29) is 67.9 Å². The quantitative estimate of drug-likeness (QED) is 0.277. The van der Waals surface area contributed by atoms with Crippen LogP contribution in [0.2, 0.25) is 0 Å². The Bertz CT molecular complexity index is 56.2. The Labute approximate surface area is 95.1 Å². The van der Waals surface area contributed by atoms with Gasteiger partial charge in [0.15, 0.2) is 0 Å². The molecule has 0 spiro atoms. The van der Waals surface area contributed by atoms with E-state index < -0.39 is 7.82 Å². The topological polar surface area (TPSA) is 298 Å². The summed E-state index contributed by atoms with van der Waals surface area (Å²) in [4.78, 5) is 21.6. The number of hydrogen-bond donors (Lipinski definition) is 3. The standard InChI is InChI=1S/Na.H3O4P.7H2O/c;1-5(2,3)4;;;;;;;/h;(H3,1,2,3,4);7*1H2. The largest absolute Gasteiger partial charge is 0.466 e. The molecule has 89 valence electrons. The van der Waals surface area contributed by atoms with Gasteiger partial charge in [0.05, 0.1) is 0 Å². The minimum absolute atomic E-state index is 0. The summed E-state index contributed by atoms with van der Waals surface area (Å²) < 4.78 is 8.88. The first-order valence-corrected chi connectivity index (χ1v) is 2.35. The van der Waals surface area contributed by atoms with Crippen molar-refractivity contribution in [1.82, 2.24) is 0 Å². The molecule has 0 saturated carbocycles. The van der Waals surface area contributed by atoms with Crippen molar-refractivity contribution in [2.45, 2.75) is 0 Å². The van der Waals surface area contributed by atoms with Crippen molar-refractivity contribution in [3.8, 4) is 0 Å².